The monoisotopic (exact) mass is 430 g/mol. The van der Waals surface area contributed by atoms with Crippen LogP contribution in [0.4, 0.5) is 5.69 Å². The van der Waals surface area contributed by atoms with Gasteiger partial charge in [0, 0.05) is 34.8 Å². The average molecular weight is 431 g/mol. The van der Waals surface area contributed by atoms with Crippen molar-refractivity contribution in [1.82, 2.24) is 4.98 Å². The Balaban J connectivity index is 1.51. The number of hydrogen-bond donors (Lipinski definition) is 1. The summed E-state index contributed by atoms with van der Waals surface area (Å²) in [7, 11) is 0. The van der Waals surface area contributed by atoms with Crippen LogP contribution >= 0.6 is 0 Å². The standard InChI is InChI=1S/C30H26N2O/c1-30(2)17-23-27-22-9-6-16-31-24(22)14-15-25(27)32-29(28(23)26(33)18-30)21-12-10-20(11-13-21)19-7-4-3-5-8-19/h3-16,29,32H,17-18H2,1-2H3/t29-/m0/s1. The number of carbonyl (C=O) groups is 1. The zero-order chi connectivity index (χ0) is 22.6. The van der Waals surface area contributed by atoms with Crippen molar-refractivity contribution in [3.05, 3.63) is 102 Å². The predicted molar refractivity (Wildman–Crippen MR) is 135 cm³/mol. The molecular formula is C30H26N2O. The molecule has 0 amide bonds. The van der Waals surface area contributed by atoms with E-state index in [0.717, 1.165) is 39.7 Å². The van der Waals surface area contributed by atoms with Gasteiger partial charge in [-0.1, -0.05) is 74.5 Å². The lowest BCUT2D eigenvalue weighted by Crippen LogP contribution is -2.33. The number of nitrogens with one attached hydrogen (secondary N) is 1. The zero-order valence-electron chi connectivity index (χ0n) is 18.9. The lowest BCUT2D eigenvalue weighted by molar-refractivity contribution is -0.118. The molecule has 0 radical (unpaired) electrons. The van der Waals surface area contributed by atoms with E-state index in [2.05, 4.69) is 90.9 Å². The van der Waals surface area contributed by atoms with Crippen LogP contribution in [0, 0.1) is 5.41 Å². The van der Waals surface area contributed by atoms with Gasteiger partial charge in [-0.2, -0.15) is 0 Å². The third-order valence-corrected chi connectivity index (χ3v) is 6.95. The zero-order valence-corrected chi connectivity index (χ0v) is 18.9. The first-order valence-electron chi connectivity index (χ1n) is 11.6. The SMILES string of the molecule is CC1(C)CC(=O)C2=C(C1)c1c(ccc3ncccc13)N[C@H]2c1ccc(-c2ccccc2)cc1. The maximum atomic E-state index is 13.5. The van der Waals surface area contributed by atoms with E-state index in [1.165, 1.54) is 16.7 Å². The van der Waals surface area contributed by atoms with Crippen LogP contribution in [-0.2, 0) is 4.79 Å². The van der Waals surface area contributed by atoms with Crippen molar-refractivity contribution in [3.8, 4) is 11.1 Å². The summed E-state index contributed by atoms with van der Waals surface area (Å²) in [5, 5.41) is 4.82. The van der Waals surface area contributed by atoms with E-state index < -0.39 is 0 Å². The summed E-state index contributed by atoms with van der Waals surface area (Å²) in [5.74, 6) is 0.248. The van der Waals surface area contributed by atoms with Crippen molar-refractivity contribution in [3.63, 3.8) is 0 Å². The largest absolute Gasteiger partial charge is 0.373 e. The molecule has 0 spiro atoms. The van der Waals surface area contributed by atoms with Crippen LogP contribution in [0.25, 0.3) is 27.6 Å². The van der Waals surface area contributed by atoms with E-state index in [9.17, 15) is 4.79 Å². The van der Waals surface area contributed by atoms with Gasteiger partial charge in [-0.15, -0.1) is 0 Å². The molecule has 1 aliphatic carbocycles. The van der Waals surface area contributed by atoms with Gasteiger partial charge in [0.25, 0.3) is 0 Å². The van der Waals surface area contributed by atoms with Crippen molar-refractivity contribution >= 4 is 27.9 Å². The Bertz CT molecular complexity index is 1420. The van der Waals surface area contributed by atoms with Gasteiger partial charge in [0.1, 0.15) is 0 Å². The molecule has 1 atom stereocenters. The first-order valence-corrected chi connectivity index (χ1v) is 11.6. The number of Topliss-reactive ketones (excluding diaryl/α,β-unsaturated/α-hetero) is 1. The molecule has 1 N–H and O–H groups in total. The number of aromatic nitrogens is 1. The highest BCUT2D eigenvalue weighted by Gasteiger charge is 2.40. The number of anilines is 1. The minimum Gasteiger partial charge on any atom is -0.373 e. The first kappa shape index (κ1) is 19.9. The number of hydrogen-bond acceptors (Lipinski definition) is 3. The van der Waals surface area contributed by atoms with Crippen LogP contribution < -0.4 is 5.32 Å². The highest BCUT2D eigenvalue weighted by Crippen LogP contribution is 2.51. The minimum atomic E-state index is -0.143. The Morgan fingerprint density at radius 3 is 2.39 bits per heavy atom. The predicted octanol–water partition coefficient (Wildman–Crippen LogP) is 7.21. The number of benzene rings is 3. The summed E-state index contributed by atoms with van der Waals surface area (Å²) >= 11 is 0. The number of pyridine rings is 1. The van der Waals surface area contributed by atoms with Crippen LogP contribution in [-0.4, -0.2) is 10.8 Å². The Morgan fingerprint density at radius 2 is 1.61 bits per heavy atom. The highest BCUT2D eigenvalue weighted by atomic mass is 16.1. The molecule has 1 aromatic heterocycles. The van der Waals surface area contributed by atoms with Crippen molar-refractivity contribution < 1.29 is 4.79 Å². The molecule has 3 aromatic carbocycles. The fraction of sp³-hybridized carbons (Fsp3) is 0.200. The second kappa shape index (κ2) is 7.41. The van der Waals surface area contributed by atoms with Crippen molar-refractivity contribution in [2.24, 2.45) is 5.41 Å². The van der Waals surface area contributed by atoms with E-state index in [-0.39, 0.29) is 17.2 Å². The molecule has 2 aliphatic rings. The summed E-state index contributed by atoms with van der Waals surface area (Å²) < 4.78 is 0. The van der Waals surface area contributed by atoms with Crippen LogP contribution in [0.1, 0.15) is 43.9 Å². The van der Waals surface area contributed by atoms with Crippen molar-refractivity contribution in [1.29, 1.82) is 0 Å². The van der Waals surface area contributed by atoms with Crippen LogP contribution in [0.2, 0.25) is 0 Å². The molecule has 4 aromatic rings. The maximum Gasteiger partial charge on any atom is 0.162 e. The molecular weight excluding hydrogens is 404 g/mol. The molecule has 0 saturated heterocycles. The first-order chi connectivity index (χ1) is 16.0. The van der Waals surface area contributed by atoms with E-state index in [1.807, 2.05) is 18.3 Å². The molecule has 0 saturated carbocycles. The fourth-order valence-electron chi connectivity index (χ4n) is 5.47. The lowest BCUT2D eigenvalue weighted by atomic mass is 9.68. The van der Waals surface area contributed by atoms with E-state index >= 15 is 0 Å². The van der Waals surface area contributed by atoms with Gasteiger partial charge in [0.05, 0.1) is 11.6 Å². The Hall–Kier alpha value is -3.72. The average Bonchev–Trinajstić information content (AvgIpc) is 2.83. The fourth-order valence-corrected chi connectivity index (χ4v) is 5.47. The molecule has 2 heterocycles. The number of ketones is 1. The van der Waals surface area contributed by atoms with Gasteiger partial charge in [-0.05, 0) is 52.3 Å². The van der Waals surface area contributed by atoms with Gasteiger partial charge in [0.15, 0.2) is 5.78 Å². The Morgan fingerprint density at radius 1 is 0.848 bits per heavy atom. The number of allylic oxidation sites excluding steroid dienone is 1. The minimum absolute atomic E-state index is 0.0589. The van der Waals surface area contributed by atoms with Gasteiger partial charge in [-0.3, -0.25) is 9.78 Å². The second-order valence-electron chi connectivity index (χ2n) is 9.96. The maximum absolute atomic E-state index is 13.5. The Kier molecular flexibility index (Phi) is 4.48. The van der Waals surface area contributed by atoms with Crippen molar-refractivity contribution in [2.75, 3.05) is 5.32 Å². The van der Waals surface area contributed by atoms with Gasteiger partial charge in [0.2, 0.25) is 0 Å². The molecule has 33 heavy (non-hydrogen) atoms. The third kappa shape index (κ3) is 3.36. The topological polar surface area (TPSA) is 42.0 Å². The van der Waals surface area contributed by atoms with Crippen LogP contribution in [0.3, 0.4) is 0 Å². The Labute approximate surface area is 194 Å². The molecule has 0 fully saturated rings. The normalized spacial score (nSPS) is 19.1. The van der Waals surface area contributed by atoms with Crippen LogP contribution in [0.5, 0.6) is 0 Å². The lowest BCUT2D eigenvalue weighted by Gasteiger charge is -2.40. The van der Waals surface area contributed by atoms with Crippen molar-refractivity contribution in [2.45, 2.75) is 32.7 Å². The summed E-state index contributed by atoms with van der Waals surface area (Å²) in [4.78, 5) is 18.1. The van der Waals surface area contributed by atoms with Gasteiger partial charge >= 0.3 is 0 Å². The smallest absolute Gasteiger partial charge is 0.162 e. The van der Waals surface area contributed by atoms with Crippen LogP contribution in [0.15, 0.2) is 90.6 Å². The molecule has 162 valence electrons. The van der Waals surface area contributed by atoms with E-state index in [1.54, 1.807) is 0 Å². The molecule has 0 bridgehead atoms. The molecule has 3 heteroatoms. The van der Waals surface area contributed by atoms with E-state index in [4.69, 9.17) is 0 Å². The number of nitrogens with zero attached hydrogens (tertiary/aromatic N) is 1. The summed E-state index contributed by atoms with van der Waals surface area (Å²) in [5.41, 5.74) is 8.73. The molecule has 0 unspecified atom stereocenters. The second-order valence-corrected chi connectivity index (χ2v) is 9.96. The number of carbonyl (C=O) groups excluding carboxylic acids is 1. The molecule has 3 nitrogen and oxygen atoms in total. The molecule has 6 rings (SSSR count). The number of fused-ring (bicyclic) bond motifs is 4. The summed E-state index contributed by atoms with van der Waals surface area (Å²) in [6.45, 7) is 4.40. The third-order valence-electron chi connectivity index (χ3n) is 6.95. The summed E-state index contributed by atoms with van der Waals surface area (Å²) in [6.07, 6.45) is 3.28. The highest BCUT2D eigenvalue weighted by molar-refractivity contribution is 6.12. The summed E-state index contributed by atoms with van der Waals surface area (Å²) in [6, 6.07) is 27.2. The molecule has 1 aliphatic heterocycles. The quantitative estimate of drug-likeness (QED) is 0.365. The number of rotatable bonds is 2. The van der Waals surface area contributed by atoms with E-state index in [0.29, 0.717) is 6.42 Å². The van der Waals surface area contributed by atoms with Gasteiger partial charge in [-0.25, -0.2) is 0 Å². The van der Waals surface area contributed by atoms with Gasteiger partial charge < -0.3 is 5.32 Å².